The molecule has 2 aromatic carbocycles. The third-order valence-corrected chi connectivity index (χ3v) is 8.49. The van der Waals surface area contributed by atoms with Crippen LogP contribution in [-0.2, 0) is 27.3 Å². The molecule has 1 fully saturated rings. The van der Waals surface area contributed by atoms with Crippen LogP contribution >= 0.6 is 0 Å². The number of fused-ring (bicyclic) bond motifs is 1. The standard InChI is InChI=1S/C33H34F2N6O5/c1-17-20-10-12-26(22(20)9-8-21(17)33(45)46)41-32(44)28-14-27(31(43)37-16-18-7-11-24(34)25(35)13-18)39-29(40-28)23(15-36)30(42)38-19-5-3-2-4-6-19/h7-9,11,13-15,19,26,36,40H,2-6,10,12,16H2,1H3,(H,37,43)(H,38,42)(H,41,44)(H,45,46)/b29-23+,36-15?/t26-/m0/s1. The molecule has 46 heavy (non-hydrogen) atoms. The van der Waals surface area contributed by atoms with Gasteiger partial charge in [0.1, 0.15) is 17.2 Å². The van der Waals surface area contributed by atoms with Crippen LogP contribution in [0.4, 0.5) is 8.78 Å². The van der Waals surface area contributed by atoms with Gasteiger partial charge < -0.3 is 31.8 Å². The van der Waals surface area contributed by atoms with Crippen molar-refractivity contribution in [2.75, 3.05) is 0 Å². The Morgan fingerprint density at radius 2 is 1.78 bits per heavy atom. The molecule has 3 amide bonds. The van der Waals surface area contributed by atoms with Crippen LogP contribution in [-0.4, -0.2) is 46.8 Å². The first-order valence-electron chi connectivity index (χ1n) is 15.1. The molecule has 1 aliphatic heterocycles. The first kappa shape index (κ1) is 32.2. The molecule has 0 spiro atoms. The van der Waals surface area contributed by atoms with E-state index in [1.54, 1.807) is 13.0 Å². The van der Waals surface area contributed by atoms with Crippen LogP contribution in [0.3, 0.4) is 0 Å². The predicted octanol–water partition coefficient (Wildman–Crippen LogP) is 3.63. The normalized spacial score (nSPS) is 18.7. The number of hydrogen-bond donors (Lipinski definition) is 6. The molecule has 6 N–H and O–H groups in total. The Bertz CT molecular complexity index is 1710. The van der Waals surface area contributed by atoms with Crippen LogP contribution in [0.1, 0.15) is 77.2 Å². The van der Waals surface area contributed by atoms with E-state index in [1.165, 1.54) is 18.2 Å². The van der Waals surface area contributed by atoms with Gasteiger partial charge in [0.15, 0.2) is 11.6 Å². The average molecular weight is 633 g/mol. The molecule has 0 radical (unpaired) electrons. The zero-order valence-corrected chi connectivity index (χ0v) is 25.1. The molecule has 0 saturated heterocycles. The number of amides is 3. The maximum absolute atomic E-state index is 13.7. The van der Waals surface area contributed by atoms with E-state index in [9.17, 15) is 33.1 Å². The number of carboxylic acids is 1. The fraction of sp³-hybridized carbons (Fsp3) is 0.333. The summed E-state index contributed by atoms with van der Waals surface area (Å²) < 4.78 is 27.0. The Morgan fingerprint density at radius 3 is 2.48 bits per heavy atom. The van der Waals surface area contributed by atoms with Gasteiger partial charge in [-0.1, -0.05) is 31.4 Å². The lowest BCUT2D eigenvalue weighted by atomic mass is 9.95. The van der Waals surface area contributed by atoms with Gasteiger partial charge in [0.05, 0.1) is 17.2 Å². The van der Waals surface area contributed by atoms with Gasteiger partial charge in [0.2, 0.25) is 0 Å². The monoisotopic (exact) mass is 632 g/mol. The van der Waals surface area contributed by atoms with E-state index in [0.717, 1.165) is 61.6 Å². The van der Waals surface area contributed by atoms with Gasteiger partial charge in [0.25, 0.3) is 17.7 Å². The summed E-state index contributed by atoms with van der Waals surface area (Å²) in [6.07, 6.45) is 7.69. The lowest BCUT2D eigenvalue weighted by Gasteiger charge is -2.24. The number of carbonyl (C=O) groups is 4. The van der Waals surface area contributed by atoms with Crippen molar-refractivity contribution in [1.82, 2.24) is 21.3 Å². The van der Waals surface area contributed by atoms with Crippen LogP contribution in [0.5, 0.6) is 0 Å². The third kappa shape index (κ3) is 7.03. The molecular formula is C33H34F2N6O5. The summed E-state index contributed by atoms with van der Waals surface area (Å²) in [5, 5.41) is 28.7. The van der Waals surface area contributed by atoms with E-state index in [0.29, 0.717) is 18.4 Å². The Balaban J connectivity index is 1.41. The topological polar surface area (TPSA) is 173 Å². The summed E-state index contributed by atoms with van der Waals surface area (Å²) in [6, 6.07) is 5.86. The number of nitrogens with one attached hydrogen (secondary N) is 5. The van der Waals surface area contributed by atoms with E-state index < -0.39 is 41.4 Å². The Hall–Kier alpha value is -5.20. The first-order valence-corrected chi connectivity index (χ1v) is 15.1. The number of rotatable bonds is 9. The van der Waals surface area contributed by atoms with Gasteiger partial charge in [-0.2, -0.15) is 0 Å². The highest BCUT2D eigenvalue weighted by molar-refractivity contribution is 6.44. The van der Waals surface area contributed by atoms with Gasteiger partial charge in [0, 0.05) is 18.8 Å². The van der Waals surface area contributed by atoms with Crippen LogP contribution in [0.15, 0.2) is 58.5 Å². The van der Waals surface area contributed by atoms with Crippen molar-refractivity contribution < 1.29 is 33.1 Å². The number of aliphatic imine (C=N–C) groups is 1. The van der Waals surface area contributed by atoms with Crippen LogP contribution in [0, 0.1) is 24.0 Å². The third-order valence-electron chi connectivity index (χ3n) is 8.49. The lowest BCUT2D eigenvalue weighted by molar-refractivity contribution is -0.119. The molecule has 0 aromatic heterocycles. The van der Waals surface area contributed by atoms with Gasteiger partial charge in [-0.25, -0.2) is 18.6 Å². The summed E-state index contributed by atoms with van der Waals surface area (Å²) in [5.74, 6) is -5.26. The molecule has 13 heteroatoms. The number of nitrogens with zero attached hydrogens (tertiary/aromatic N) is 1. The molecule has 11 nitrogen and oxygen atoms in total. The van der Waals surface area contributed by atoms with Crippen molar-refractivity contribution >= 4 is 35.6 Å². The van der Waals surface area contributed by atoms with Crippen molar-refractivity contribution in [3.05, 3.63) is 93.0 Å². The highest BCUT2D eigenvalue weighted by atomic mass is 19.2. The number of aromatic carboxylic acids is 1. The zero-order valence-electron chi connectivity index (χ0n) is 25.1. The predicted molar refractivity (Wildman–Crippen MR) is 165 cm³/mol. The maximum atomic E-state index is 13.7. The van der Waals surface area contributed by atoms with E-state index in [1.807, 2.05) is 0 Å². The molecule has 1 heterocycles. The van der Waals surface area contributed by atoms with E-state index >= 15 is 0 Å². The second kappa shape index (κ2) is 13.8. The minimum Gasteiger partial charge on any atom is -0.478 e. The average Bonchev–Trinajstić information content (AvgIpc) is 3.45. The SMILES string of the molecule is Cc1c(C(=O)O)ccc2c1CC[C@@H]2NC(=O)C1=CC(C(=O)NCc2ccc(F)c(F)c2)=N/C(=C(/C=N)C(=O)NC2CCCCC2)N1. The largest absolute Gasteiger partial charge is 0.478 e. The van der Waals surface area contributed by atoms with Gasteiger partial charge in [-0.05, 0) is 79.1 Å². The number of halogens is 2. The molecule has 1 saturated carbocycles. The molecule has 2 aliphatic carbocycles. The summed E-state index contributed by atoms with van der Waals surface area (Å²) in [4.78, 5) is 55.9. The summed E-state index contributed by atoms with van der Waals surface area (Å²) in [7, 11) is 0. The number of carbonyl (C=O) groups excluding carboxylic acids is 3. The number of hydrogen-bond acceptors (Lipinski definition) is 7. The minimum atomic E-state index is -1.07. The van der Waals surface area contributed by atoms with Crippen molar-refractivity contribution in [1.29, 1.82) is 5.41 Å². The van der Waals surface area contributed by atoms with Gasteiger partial charge in [-0.3, -0.25) is 14.4 Å². The van der Waals surface area contributed by atoms with Crippen LogP contribution < -0.4 is 21.3 Å². The molecule has 2 aromatic rings. The quantitative estimate of drug-likeness (QED) is 0.182. The fourth-order valence-corrected chi connectivity index (χ4v) is 6.02. The molecule has 1 atom stereocenters. The second-order valence-corrected chi connectivity index (χ2v) is 11.5. The summed E-state index contributed by atoms with van der Waals surface area (Å²) in [6.45, 7) is 1.56. The minimum absolute atomic E-state index is 0.0749. The van der Waals surface area contributed by atoms with Gasteiger partial charge >= 0.3 is 5.97 Å². The molecule has 240 valence electrons. The molecular weight excluding hydrogens is 598 g/mol. The van der Waals surface area contributed by atoms with E-state index in [2.05, 4.69) is 26.3 Å². The second-order valence-electron chi connectivity index (χ2n) is 11.5. The Labute approximate surface area is 263 Å². The van der Waals surface area contributed by atoms with E-state index in [-0.39, 0.29) is 46.5 Å². The Kier molecular flexibility index (Phi) is 9.69. The number of carboxylic acid groups (broad SMARTS) is 1. The summed E-state index contributed by atoms with van der Waals surface area (Å²) in [5.41, 5.74) is 2.20. The molecule has 5 rings (SSSR count). The van der Waals surface area contributed by atoms with Crippen molar-refractivity contribution in [3.8, 4) is 0 Å². The maximum Gasteiger partial charge on any atom is 0.335 e. The van der Waals surface area contributed by atoms with Crippen molar-refractivity contribution in [3.63, 3.8) is 0 Å². The molecule has 3 aliphatic rings. The van der Waals surface area contributed by atoms with Crippen LogP contribution in [0.25, 0.3) is 0 Å². The van der Waals surface area contributed by atoms with Gasteiger partial charge in [-0.15, -0.1) is 0 Å². The fourth-order valence-electron chi connectivity index (χ4n) is 6.02. The van der Waals surface area contributed by atoms with E-state index in [4.69, 9.17) is 5.41 Å². The first-order chi connectivity index (χ1) is 22.0. The smallest absolute Gasteiger partial charge is 0.335 e. The highest BCUT2D eigenvalue weighted by Crippen LogP contribution is 2.35. The molecule has 0 bridgehead atoms. The van der Waals surface area contributed by atoms with Crippen molar-refractivity contribution in [2.45, 2.75) is 70.5 Å². The highest BCUT2D eigenvalue weighted by Gasteiger charge is 2.30. The van der Waals surface area contributed by atoms with Crippen LogP contribution in [0.2, 0.25) is 0 Å². The number of benzene rings is 2. The zero-order chi connectivity index (χ0) is 33.0. The molecule has 0 unspecified atom stereocenters. The Morgan fingerprint density at radius 1 is 1.02 bits per heavy atom. The summed E-state index contributed by atoms with van der Waals surface area (Å²) >= 11 is 0. The lowest BCUT2D eigenvalue weighted by Crippen LogP contribution is -2.41. The van der Waals surface area contributed by atoms with Crippen molar-refractivity contribution in [2.24, 2.45) is 4.99 Å².